The number of fused-ring (bicyclic) bond motifs is 1. The zero-order valence-corrected chi connectivity index (χ0v) is 13.3. The normalized spacial score (nSPS) is 18.1. The van der Waals surface area contributed by atoms with Gasteiger partial charge in [0.15, 0.2) is 0 Å². The summed E-state index contributed by atoms with van der Waals surface area (Å²) in [6.07, 6.45) is 1.19. The Morgan fingerprint density at radius 2 is 2.10 bits per heavy atom. The number of thiophene rings is 1. The van der Waals surface area contributed by atoms with Crippen molar-refractivity contribution in [1.82, 2.24) is 4.90 Å². The molecule has 3 N–H and O–H groups in total. The van der Waals surface area contributed by atoms with E-state index in [1.165, 1.54) is 11.3 Å². The first-order valence-electron chi connectivity index (χ1n) is 6.86. The molecule has 0 spiro atoms. The number of anilines is 1. The zero-order valence-electron chi connectivity index (χ0n) is 11.7. The topological polar surface area (TPSA) is 66.6 Å². The fourth-order valence-corrected chi connectivity index (χ4v) is 3.95. The number of amides is 1. The van der Waals surface area contributed by atoms with Crippen molar-refractivity contribution >= 4 is 44.6 Å². The predicted octanol–water partition coefficient (Wildman–Crippen LogP) is 3.12. The Bertz CT molecular complexity index is 701. The highest BCUT2D eigenvalue weighted by Gasteiger charge is 2.31. The van der Waals surface area contributed by atoms with Crippen molar-refractivity contribution in [2.75, 3.05) is 18.8 Å². The second-order valence-electron chi connectivity index (χ2n) is 5.77. The van der Waals surface area contributed by atoms with Crippen LogP contribution in [-0.4, -0.2) is 34.6 Å². The van der Waals surface area contributed by atoms with Gasteiger partial charge in [0, 0.05) is 28.2 Å². The van der Waals surface area contributed by atoms with Gasteiger partial charge in [0.1, 0.15) is 4.88 Å². The predicted molar refractivity (Wildman–Crippen MR) is 87.0 cm³/mol. The number of carbonyl (C=O) groups is 1. The minimum Gasteiger partial charge on any atom is -0.397 e. The first-order valence-corrected chi connectivity index (χ1v) is 8.06. The lowest BCUT2D eigenvalue weighted by Crippen LogP contribution is -2.45. The van der Waals surface area contributed by atoms with Crippen molar-refractivity contribution < 1.29 is 9.90 Å². The summed E-state index contributed by atoms with van der Waals surface area (Å²) in [6.45, 7) is 2.92. The number of piperidine rings is 1. The summed E-state index contributed by atoms with van der Waals surface area (Å²) in [5.41, 5.74) is 5.97. The van der Waals surface area contributed by atoms with E-state index in [0.717, 1.165) is 10.1 Å². The molecule has 1 fully saturated rings. The van der Waals surface area contributed by atoms with E-state index in [1.54, 1.807) is 11.0 Å². The quantitative estimate of drug-likeness (QED) is 0.847. The number of benzene rings is 1. The number of carbonyl (C=O) groups excluding carboxylic acids is 1. The molecular formula is C15H17ClN2O2S. The molecule has 1 aromatic heterocycles. The SMILES string of the molecule is CC1(O)CCN(C(=O)c2sc3cc(Cl)ccc3c2N)CC1. The lowest BCUT2D eigenvalue weighted by Gasteiger charge is -2.35. The van der Waals surface area contributed by atoms with E-state index >= 15 is 0 Å². The number of nitrogens with zero attached hydrogens (tertiary/aromatic N) is 1. The van der Waals surface area contributed by atoms with Gasteiger partial charge in [-0.25, -0.2) is 0 Å². The van der Waals surface area contributed by atoms with Gasteiger partial charge in [0.2, 0.25) is 0 Å². The second-order valence-corrected chi connectivity index (χ2v) is 7.26. The van der Waals surface area contributed by atoms with Crippen LogP contribution in [-0.2, 0) is 0 Å². The maximum Gasteiger partial charge on any atom is 0.266 e. The van der Waals surface area contributed by atoms with Gasteiger partial charge >= 0.3 is 0 Å². The molecular weight excluding hydrogens is 308 g/mol. The Kier molecular flexibility index (Phi) is 3.59. The molecule has 2 heterocycles. The van der Waals surface area contributed by atoms with Gasteiger partial charge in [0.05, 0.1) is 11.3 Å². The summed E-state index contributed by atoms with van der Waals surface area (Å²) in [5.74, 6) is -0.0553. The number of halogens is 1. The molecule has 1 saturated heterocycles. The molecule has 0 atom stereocenters. The van der Waals surface area contributed by atoms with E-state index < -0.39 is 5.60 Å². The summed E-state index contributed by atoms with van der Waals surface area (Å²) in [7, 11) is 0. The third-order valence-electron chi connectivity index (χ3n) is 4.01. The average Bonchev–Trinajstić information content (AvgIpc) is 2.74. The summed E-state index contributed by atoms with van der Waals surface area (Å²) in [4.78, 5) is 15.0. The van der Waals surface area contributed by atoms with Crippen LogP contribution in [0.25, 0.3) is 10.1 Å². The van der Waals surface area contributed by atoms with E-state index in [2.05, 4.69) is 0 Å². The number of rotatable bonds is 1. The highest BCUT2D eigenvalue weighted by Crippen LogP contribution is 2.36. The van der Waals surface area contributed by atoms with Crippen LogP contribution < -0.4 is 5.73 Å². The van der Waals surface area contributed by atoms with Gasteiger partial charge in [0.25, 0.3) is 5.91 Å². The molecule has 1 aromatic carbocycles. The maximum absolute atomic E-state index is 12.6. The highest BCUT2D eigenvalue weighted by atomic mass is 35.5. The van der Waals surface area contributed by atoms with Gasteiger partial charge in [-0.2, -0.15) is 0 Å². The molecule has 1 amide bonds. The van der Waals surface area contributed by atoms with Crippen molar-refractivity contribution in [1.29, 1.82) is 0 Å². The van der Waals surface area contributed by atoms with Crippen LogP contribution in [0.1, 0.15) is 29.4 Å². The van der Waals surface area contributed by atoms with E-state index in [-0.39, 0.29) is 5.91 Å². The minimum absolute atomic E-state index is 0.0553. The molecule has 0 aliphatic carbocycles. The largest absolute Gasteiger partial charge is 0.397 e. The Labute approximate surface area is 132 Å². The van der Waals surface area contributed by atoms with E-state index in [1.807, 2.05) is 19.1 Å². The van der Waals surface area contributed by atoms with Crippen LogP contribution >= 0.6 is 22.9 Å². The summed E-state index contributed by atoms with van der Waals surface area (Å²) < 4.78 is 0.923. The zero-order chi connectivity index (χ0) is 15.2. The van der Waals surface area contributed by atoms with Crippen molar-refractivity contribution in [3.8, 4) is 0 Å². The Morgan fingerprint density at radius 3 is 2.76 bits per heavy atom. The number of likely N-dealkylation sites (tertiary alicyclic amines) is 1. The standard InChI is InChI=1S/C15H17ClN2O2S/c1-15(20)4-6-18(7-5-15)14(19)13-12(17)10-3-2-9(16)8-11(10)21-13/h2-3,8,20H,4-7,17H2,1H3. The fourth-order valence-electron chi connectivity index (χ4n) is 2.58. The molecule has 112 valence electrons. The molecule has 1 aliphatic rings. The molecule has 1 aliphatic heterocycles. The monoisotopic (exact) mass is 324 g/mol. The highest BCUT2D eigenvalue weighted by molar-refractivity contribution is 7.21. The first-order chi connectivity index (χ1) is 9.87. The van der Waals surface area contributed by atoms with Crippen molar-refractivity contribution in [2.45, 2.75) is 25.4 Å². The molecule has 21 heavy (non-hydrogen) atoms. The Morgan fingerprint density at radius 1 is 1.43 bits per heavy atom. The van der Waals surface area contributed by atoms with Crippen LogP contribution in [0.15, 0.2) is 18.2 Å². The van der Waals surface area contributed by atoms with E-state index in [0.29, 0.717) is 41.5 Å². The molecule has 4 nitrogen and oxygen atoms in total. The molecule has 0 unspecified atom stereocenters. The van der Waals surface area contributed by atoms with Crippen molar-refractivity contribution in [3.63, 3.8) is 0 Å². The Balaban J connectivity index is 1.90. The van der Waals surface area contributed by atoms with E-state index in [4.69, 9.17) is 17.3 Å². The van der Waals surface area contributed by atoms with Gasteiger partial charge in [-0.05, 0) is 38.0 Å². The van der Waals surface area contributed by atoms with Gasteiger partial charge in [-0.15, -0.1) is 11.3 Å². The van der Waals surface area contributed by atoms with Crippen LogP contribution in [0, 0.1) is 0 Å². The molecule has 6 heteroatoms. The lowest BCUT2D eigenvalue weighted by molar-refractivity contribution is -0.00184. The van der Waals surface area contributed by atoms with Gasteiger partial charge in [-0.1, -0.05) is 11.6 Å². The molecule has 2 aromatic rings. The second kappa shape index (κ2) is 5.16. The van der Waals surface area contributed by atoms with Gasteiger partial charge < -0.3 is 15.7 Å². The van der Waals surface area contributed by atoms with Crippen LogP contribution in [0.4, 0.5) is 5.69 Å². The van der Waals surface area contributed by atoms with Gasteiger partial charge in [-0.3, -0.25) is 4.79 Å². The van der Waals surface area contributed by atoms with Crippen molar-refractivity contribution in [3.05, 3.63) is 28.1 Å². The smallest absolute Gasteiger partial charge is 0.266 e. The molecule has 3 rings (SSSR count). The number of nitrogen functional groups attached to an aromatic ring is 1. The molecule has 0 saturated carbocycles. The number of hydrogen-bond donors (Lipinski definition) is 2. The third kappa shape index (κ3) is 2.73. The molecule has 0 radical (unpaired) electrons. The van der Waals surface area contributed by atoms with Crippen LogP contribution in [0.5, 0.6) is 0 Å². The van der Waals surface area contributed by atoms with E-state index in [9.17, 15) is 9.90 Å². The average molecular weight is 325 g/mol. The number of hydrogen-bond acceptors (Lipinski definition) is 4. The van der Waals surface area contributed by atoms with Crippen LogP contribution in [0.3, 0.4) is 0 Å². The summed E-state index contributed by atoms with van der Waals surface area (Å²) in [5, 5.41) is 11.5. The number of nitrogens with two attached hydrogens (primary N) is 1. The first kappa shape index (κ1) is 14.6. The number of aliphatic hydroxyl groups is 1. The minimum atomic E-state index is -0.671. The Hall–Kier alpha value is -1.30. The fraction of sp³-hybridized carbons (Fsp3) is 0.400. The summed E-state index contributed by atoms with van der Waals surface area (Å²) in [6, 6.07) is 5.45. The third-order valence-corrected chi connectivity index (χ3v) is 5.40. The maximum atomic E-state index is 12.6. The van der Waals surface area contributed by atoms with Crippen molar-refractivity contribution in [2.24, 2.45) is 0 Å². The van der Waals surface area contributed by atoms with Crippen LogP contribution in [0.2, 0.25) is 5.02 Å². The summed E-state index contributed by atoms with van der Waals surface area (Å²) >= 11 is 7.36. The molecule has 0 bridgehead atoms. The lowest BCUT2D eigenvalue weighted by atomic mass is 9.94.